The zero-order chi connectivity index (χ0) is 20.8. The molecule has 2 aromatic carbocycles. The maximum atomic E-state index is 13.0. The lowest BCUT2D eigenvalue weighted by Crippen LogP contribution is -2.41. The number of hydrogen-bond acceptors (Lipinski definition) is 4. The number of halogens is 3. The van der Waals surface area contributed by atoms with Crippen LogP contribution >= 0.6 is 0 Å². The van der Waals surface area contributed by atoms with Gasteiger partial charge in [0.15, 0.2) is 5.84 Å². The number of nitrogens with zero attached hydrogens (tertiary/aromatic N) is 3. The Morgan fingerprint density at radius 2 is 1.83 bits per heavy atom. The van der Waals surface area contributed by atoms with Gasteiger partial charge in [0.05, 0.1) is 18.4 Å². The molecule has 1 unspecified atom stereocenters. The maximum Gasteiger partial charge on any atom is 0.416 e. The van der Waals surface area contributed by atoms with Crippen LogP contribution in [0.2, 0.25) is 0 Å². The third kappa shape index (κ3) is 3.34. The number of ether oxygens (including phenoxy) is 1. The molecule has 7 heteroatoms. The van der Waals surface area contributed by atoms with Crippen LogP contribution in [0.5, 0.6) is 5.75 Å². The Kier molecular flexibility index (Phi) is 4.76. The molecule has 4 rings (SSSR count). The van der Waals surface area contributed by atoms with Crippen molar-refractivity contribution < 1.29 is 17.9 Å². The minimum Gasteiger partial charge on any atom is -0.497 e. The van der Waals surface area contributed by atoms with E-state index in [1.54, 1.807) is 7.11 Å². The highest BCUT2D eigenvalue weighted by molar-refractivity contribution is 6.17. The molecule has 2 aliphatic heterocycles. The van der Waals surface area contributed by atoms with E-state index in [1.165, 1.54) is 12.1 Å². The van der Waals surface area contributed by atoms with Gasteiger partial charge in [-0.2, -0.15) is 18.3 Å². The van der Waals surface area contributed by atoms with Gasteiger partial charge in [0.1, 0.15) is 11.9 Å². The molecule has 0 N–H and O–H groups in total. The minimum atomic E-state index is -4.36. The van der Waals surface area contributed by atoms with Crippen molar-refractivity contribution >= 4 is 17.1 Å². The Balaban J connectivity index is 1.83. The number of benzene rings is 2. The summed E-state index contributed by atoms with van der Waals surface area (Å²) in [6.45, 7) is 5.03. The first kappa shape index (κ1) is 19.4. The zero-order valence-electron chi connectivity index (χ0n) is 16.5. The average molecular weight is 401 g/mol. The molecule has 0 spiro atoms. The second-order valence-electron chi connectivity index (χ2n) is 7.14. The highest BCUT2D eigenvalue weighted by atomic mass is 19.4. The van der Waals surface area contributed by atoms with Crippen molar-refractivity contribution in [3.05, 3.63) is 65.2 Å². The first-order valence-corrected chi connectivity index (χ1v) is 9.55. The molecule has 1 atom stereocenters. The van der Waals surface area contributed by atoms with Crippen LogP contribution in [-0.2, 0) is 6.18 Å². The summed E-state index contributed by atoms with van der Waals surface area (Å²) in [5.74, 6) is 1.48. The topological polar surface area (TPSA) is 28.1 Å². The van der Waals surface area contributed by atoms with Crippen LogP contribution in [0.25, 0.3) is 5.57 Å². The van der Waals surface area contributed by atoms with Crippen molar-refractivity contribution in [2.24, 2.45) is 5.10 Å². The van der Waals surface area contributed by atoms with Crippen molar-refractivity contribution in [2.45, 2.75) is 32.6 Å². The molecule has 29 heavy (non-hydrogen) atoms. The predicted molar refractivity (Wildman–Crippen MR) is 108 cm³/mol. The molecule has 0 saturated heterocycles. The van der Waals surface area contributed by atoms with Crippen LogP contribution in [-0.4, -0.2) is 30.7 Å². The van der Waals surface area contributed by atoms with Crippen molar-refractivity contribution in [3.63, 3.8) is 0 Å². The Hall–Kier alpha value is -2.96. The minimum absolute atomic E-state index is 0.0579. The average Bonchev–Trinajstić information content (AvgIpc) is 3.02. The quantitative estimate of drug-likeness (QED) is 0.691. The highest BCUT2D eigenvalue weighted by Gasteiger charge is 2.36. The van der Waals surface area contributed by atoms with Crippen molar-refractivity contribution in [2.75, 3.05) is 18.6 Å². The number of anilines is 1. The van der Waals surface area contributed by atoms with Crippen LogP contribution < -0.4 is 9.64 Å². The number of amidine groups is 1. The molecule has 0 saturated carbocycles. The Morgan fingerprint density at radius 1 is 1.10 bits per heavy atom. The third-order valence-corrected chi connectivity index (χ3v) is 5.29. The van der Waals surface area contributed by atoms with Crippen LogP contribution in [0.4, 0.5) is 18.9 Å². The molecule has 152 valence electrons. The summed E-state index contributed by atoms with van der Waals surface area (Å²) in [7, 11) is 1.60. The van der Waals surface area contributed by atoms with Gasteiger partial charge in [0, 0.05) is 12.1 Å². The summed E-state index contributed by atoms with van der Waals surface area (Å²) < 4.78 is 44.3. The first-order valence-electron chi connectivity index (χ1n) is 9.55. The summed E-state index contributed by atoms with van der Waals surface area (Å²) in [6, 6.07) is 11.0. The number of methoxy groups -OCH3 is 1. The summed E-state index contributed by atoms with van der Waals surface area (Å²) in [6.07, 6.45) is -1.39. The lowest BCUT2D eigenvalue weighted by Gasteiger charge is -2.33. The molecule has 2 heterocycles. The normalized spacial score (nSPS) is 18.2. The van der Waals surface area contributed by atoms with E-state index < -0.39 is 11.7 Å². The third-order valence-electron chi connectivity index (χ3n) is 5.29. The summed E-state index contributed by atoms with van der Waals surface area (Å²) in [4.78, 5) is 2.15. The van der Waals surface area contributed by atoms with Gasteiger partial charge in [-0.25, -0.2) is 0 Å². The Labute approximate surface area is 167 Å². The molecule has 0 bridgehead atoms. The molecule has 0 aliphatic carbocycles. The molecule has 0 radical (unpaired) electrons. The van der Waals surface area contributed by atoms with Gasteiger partial charge in [-0.3, -0.25) is 5.01 Å². The molecule has 2 aromatic rings. The molecular weight excluding hydrogens is 379 g/mol. The maximum absolute atomic E-state index is 13.0. The highest BCUT2D eigenvalue weighted by Crippen LogP contribution is 2.42. The van der Waals surface area contributed by atoms with E-state index in [2.05, 4.69) is 18.7 Å². The molecule has 4 nitrogen and oxygen atoms in total. The Morgan fingerprint density at radius 3 is 2.45 bits per heavy atom. The van der Waals surface area contributed by atoms with Gasteiger partial charge in [0.25, 0.3) is 0 Å². The SMILES string of the molecule is CCCN1N=C2C=C(c3ccc(C(F)(F)F)cc3)c3cc(OC)ccc3N2C1C. The van der Waals surface area contributed by atoms with Gasteiger partial charge < -0.3 is 9.64 Å². The molecule has 0 aromatic heterocycles. The van der Waals surface area contributed by atoms with E-state index in [1.807, 2.05) is 29.3 Å². The number of hydrogen-bond donors (Lipinski definition) is 0. The van der Waals surface area contributed by atoms with Crippen molar-refractivity contribution in [1.29, 1.82) is 0 Å². The molecule has 0 amide bonds. The lowest BCUT2D eigenvalue weighted by molar-refractivity contribution is -0.137. The lowest BCUT2D eigenvalue weighted by atomic mass is 9.91. The van der Waals surface area contributed by atoms with Crippen LogP contribution in [0.3, 0.4) is 0 Å². The monoisotopic (exact) mass is 401 g/mol. The second kappa shape index (κ2) is 7.13. The van der Waals surface area contributed by atoms with E-state index in [4.69, 9.17) is 9.84 Å². The van der Waals surface area contributed by atoms with Crippen molar-refractivity contribution in [3.8, 4) is 5.75 Å². The van der Waals surface area contributed by atoms with Crippen LogP contribution in [0.15, 0.2) is 53.6 Å². The van der Waals surface area contributed by atoms with E-state index in [9.17, 15) is 13.2 Å². The van der Waals surface area contributed by atoms with Gasteiger partial charge in [-0.1, -0.05) is 19.1 Å². The van der Waals surface area contributed by atoms with E-state index in [0.29, 0.717) is 11.3 Å². The standard InChI is InChI=1S/C22H22F3N3O/c1-4-11-27-14(2)28-20-10-9-17(29-3)12-19(20)18(13-21(28)26-27)15-5-7-16(8-6-15)22(23,24)25/h5-10,12-14H,4,11H2,1-3H3. The largest absolute Gasteiger partial charge is 0.497 e. The van der Waals surface area contributed by atoms with Crippen molar-refractivity contribution in [1.82, 2.24) is 5.01 Å². The fourth-order valence-corrected chi connectivity index (χ4v) is 3.83. The van der Waals surface area contributed by atoms with E-state index in [-0.39, 0.29) is 6.17 Å². The fraction of sp³-hybridized carbons (Fsp3) is 0.318. The van der Waals surface area contributed by atoms with Gasteiger partial charge >= 0.3 is 6.18 Å². The zero-order valence-corrected chi connectivity index (χ0v) is 16.5. The predicted octanol–water partition coefficient (Wildman–Crippen LogP) is 5.35. The fourth-order valence-electron chi connectivity index (χ4n) is 3.83. The number of alkyl halides is 3. The first-order chi connectivity index (χ1) is 13.8. The summed E-state index contributed by atoms with van der Waals surface area (Å²) >= 11 is 0. The summed E-state index contributed by atoms with van der Waals surface area (Å²) in [5, 5.41) is 6.78. The van der Waals surface area contributed by atoms with Gasteiger partial charge in [-0.15, -0.1) is 0 Å². The molecule has 2 aliphatic rings. The number of rotatable bonds is 4. The second-order valence-corrected chi connectivity index (χ2v) is 7.14. The number of hydrazone groups is 1. The van der Waals surface area contributed by atoms with Gasteiger partial charge in [0.2, 0.25) is 0 Å². The number of fused-ring (bicyclic) bond motifs is 3. The summed E-state index contributed by atoms with van der Waals surface area (Å²) in [5.41, 5.74) is 2.75. The van der Waals surface area contributed by atoms with Crippen LogP contribution in [0, 0.1) is 0 Å². The van der Waals surface area contributed by atoms with Gasteiger partial charge in [-0.05, 0) is 60.9 Å². The van der Waals surface area contributed by atoms with E-state index >= 15 is 0 Å². The van der Waals surface area contributed by atoms with Crippen LogP contribution in [0.1, 0.15) is 37.0 Å². The molecular formula is C22H22F3N3O. The van der Waals surface area contributed by atoms with E-state index in [0.717, 1.165) is 47.8 Å². The molecule has 0 fully saturated rings. The Bertz CT molecular complexity index is 980. The smallest absolute Gasteiger partial charge is 0.416 e.